The Balaban J connectivity index is 1.89. The number of hydrogen-bond donors (Lipinski definition) is 2. The molecule has 0 radical (unpaired) electrons. The zero-order valence-corrected chi connectivity index (χ0v) is 15.5. The molecule has 2 aromatic rings. The van der Waals surface area contributed by atoms with E-state index in [2.05, 4.69) is 10.3 Å². The Morgan fingerprint density at radius 2 is 1.83 bits per heavy atom. The fraction of sp³-hybridized carbons (Fsp3) is 0.450. The summed E-state index contributed by atoms with van der Waals surface area (Å²) in [5.74, 6) is -4.12. The Labute approximate surface area is 165 Å². The Bertz CT molecular complexity index is 858. The van der Waals surface area contributed by atoms with Crippen LogP contribution in [-0.4, -0.2) is 28.0 Å². The van der Waals surface area contributed by atoms with E-state index in [9.17, 15) is 22.8 Å². The number of oxazole rings is 1. The van der Waals surface area contributed by atoms with E-state index >= 15 is 0 Å². The lowest BCUT2D eigenvalue weighted by atomic mass is 9.82. The highest BCUT2D eigenvalue weighted by atomic mass is 19.4. The average Bonchev–Trinajstić information content (AvgIpc) is 3.15. The van der Waals surface area contributed by atoms with Crippen molar-refractivity contribution >= 4 is 11.9 Å². The number of nitrogens with one attached hydrogen (secondary N) is 1. The maximum Gasteiger partial charge on any atom is 0.452 e. The third-order valence-electron chi connectivity index (χ3n) is 5.05. The molecule has 29 heavy (non-hydrogen) atoms. The van der Waals surface area contributed by atoms with Crippen molar-refractivity contribution in [2.24, 2.45) is 5.92 Å². The molecule has 1 fully saturated rings. The van der Waals surface area contributed by atoms with E-state index in [1.807, 2.05) is 0 Å². The first-order chi connectivity index (χ1) is 13.8. The number of alkyl halides is 3. The number of benzene rings is 1. The summed E-state index contributed by atoms with van der Waals surface area (Å²) in [5, 5.41) is 11.6. The summed E-state index contributed by atoms with van der Waals surface area (Å²) >= 11 is 0. The number of carbonyl (C=O) groups excluding carboxylic acids is 1. The molecule has 1 aliphatic carbocycles. The molecule has 1 aromatic carbocycles. The number of halogens is 3. The zero-order valence-electron chi connectivity index (χ0n) is 15.5. The molecule has 2 N–H and O–H groups in total. The predicted molar refractivity (Wildman–Crippen MR) is 97.0 cm³/mol. The van der Waals surface area contributed by atoms with Gasteiger partial charge in [0.15, 0.2) is 5.69 Å². The monoisotopic (exact) mass is 410 g/mol. The number of carboxylic acid groups (broad SMARTS) is 1. The minimum Gasteiger partial charge on any atom is -0.481 e. The summed E-state index contributed by atoms with van der Waals surface area (Å²) < 4.78 is 45.2. The van der Waals surface area contributed by atoms with Gasteiger partial charge in [0.2, 0.25) is 11.7 Å². The number of hydrogen-bond acceptors (Lipinski definition) is 4. The largest absolute Gasteiger partial charge is 0.481 e. The predicted octanol–water partition coefficient (Wildman–Crippen LogP) is 4.51. The maximum absolute atomic E-state index is 13.4. The summed E-state index contributed by atoms with van der Waals surface area (Å²) in [6.45, 7) is 0. The van der Waals surface area contributed by atoms with Crippen LogP contribution >= 0.6 is 0 Å². The molecule has 0 spiro atoms. The maximum atomic E-state index is 13.4. The second-order valence-corrected chi connectivity index (χ2v) is 7.14. The molecule has 1 aliphatic rings. The van der Waals surface area contributed by atoms with Crippen molar-refractivity contribution in [1.82, 2.24) is 10.3 Å². The molecule has 156 valence electrons. The van der Waals surface area contributed by atoms with Gasteiger partial charge in [-0.1, -0.05) is 37.5 Å². The lowest BCUT2D eigenvalue weighted by molar-refractivity contribution is -0.153. The highest BCUT2D eigenvalue weighted by molar-refractivity contribution is 5.94. The van der Waals surface area contributed by atoms with Gasteiger partial charge in [-0.2, -0.15) is 13.2 Å². The summed E-state index contributed by atoms with van der Waals surface area (Å²) in [5.41, 5.74) is -0.589. The van der Waals surface area contributed by atoms with Crippen LogP contribution in [0.2, 0.25) is 0 Å². The van der Waals surface area contributed by atoms with Crippen LogP contribution in [0.25, 0.3) is 11.5 Å². The first-order valence-electron chi connectivity index (χ1n) is 9.42. The standard InChI is InChI=1S/C20H21F3N2O4/c21-20(22,23)17-16(25-19(29-17)13-9-5-2-6-10-13)18(28)24-14(11-15(26)27)12-7-3-1-4-8-12/h2,5-6,9-10,12,14H,1,3-4,7-8,11H2,(H,24,28)(H,26,27). The smallest absolute Gasteiger partial charge is 0.452 e. The number of rotatable bonds is 6. The molecular weight excluding hydrogens is 389 g/mol. The van der Waals surface area contributed by atoms with Crippen molar-refractivity contribution in [3.05, 3.63) is 41.8 Å². The van der Waals surface area contributed by atoms with Crippen molar-refractivity contribution in [3.63, 3.8) is 0 Å². The molecule has 6 nitrogen and oxygen atoms in total. The van der Waals surface area contributed by atoms with Crippen molar-refractivity contribution in [2.75, 3.05) is 0 Å². The van der Waals surface area contributed by atoms with Crippen molar-refractivity contribution in [1.29, 1.82) is 0 Å². The summed E-state index contributed by atoms with van der Waals surface area (Å²) in [6, 6.07) is 7.17. The fourth-order valence-corrected chi connectivity index (χ4v) is 3.67. The van der Waals surface area contributed by atoms with E-state index < -0.39 is 35.5 Å². The average molecular weight is 410 g/mol. The van der Waals surface area contributed by atoms with Gasteiger partial charge in [-0.25, -0.2) is 4.98 Å². The molecule has 1 amide bonds. The van der Waals surface area contributed by atoms with E-state index in [-0.39, 0.29) is 18.2 Å². The molecule has 1 aromatic heterocycles. The molecular formula is C20H21F3N2O4. The van der Waals surface area contributed by atoms with Gasteiger partial charge in [0.1, 0.15) is 0 Å². The van der Waals surface area contributed by atoms with Gasteiger partial charge in [0, 0.05) is 11.6 Å². The Morgan fingerprint density at radius 1 is 1.17 bits per heavy atom. The Morgan fingerprint density at radius 3 is 2.41 bits per heavy atom. The Kier molecular flexibility index (Phi) is 6.24. The van der Waals surface area contributed by atoms with Gasteiger partial charge in [-0.3, -0.25) is 9.59 Å². The molecule has 0 saturated heterocycles. The quantitative estimate of drug-likeness (QED) is 0.731. The second kappa shape index (κ2) is 8.67. The molecule has 1 atom stereocenters. The second-order valence-electron chi connectivity index (χ2n) is 7.14. The highest BCUT2D eigenvalue weighted by Gasteiger charge is 2.42. The van der Waals surface area contributed by atoms with E-state index in [1.165, 1.54) is 12.1 Å². The SMILES string of the molecule is O=C(O)CC(NC(=O)c1nc(-c2ccccc2)oc1C(F)(F)F)C1CCCCC1. The van der Waals surface area contributed by atoms with Gasteiger partial charge < -0.3 is 14.8 Å². The summed E-state index contributed by atoms with van der Waals surface area (Å²) in [6.07, 6.45) is -1.02. The minimum atomic E-state index is -4.92. The lowest BCUT2D eigenvalue weighted by Gasteiger charge is -2.29. The molecule has 1 heterocycles. The van der Waals surface area contributed by atoms with E-state index in [4.69, 9.17) is 9.52 Å². The van der Waals surface area contributed by atoms with Gasteiger partial charge in [0.05, 0.1) is 6.42 Å². The molecule has 3 rings (SSSR count). The van der Waals surface area contributed by atoms with Crippen molar-refractivity contribution in [2.45, 2.75) is 50.7 Å². The van der Waals surface area contributed by atoms with Crippen LogP contribution in [0.1, 0.15) is 54.8 Å². The van der Waals surface area contributed by atoms with E-state index in [1.54, 1.807) is 18.2 Å². The summed E-state index contributed by atoms with van der Waals surface area (Å²) in [7, 11) is 0. The number of carbonyl (C=O) groups is 2. The van der Waals surface area contributed by atoms with Crippen molar-refractivity contribution in [3.8, 4) is 11.5 Å². The van der Waals surface area contributed by atoms with Crippen LogP contribution < -0.4 is 5.32 Å². The van der Waals surface area contributed by atoms with Gasteiger partial charge in [-0.05, 0) is 30.9 Å². The van der Waals surface area contributed by atoms with Crippen LogP contribution in [0, 0.1) is 5.92 Å². The Hall–Kier alpha value is -2.84. The number of amides is 1. The van der Waals surface area contributed by atoms with E-state index in [0.29, 0.717) is 5.56 Å². The topological polar surface area (TPSA) is 92.4 Å². The number of nitrogens with zero attached hydrogens (tertiary/aromatic N) is 1. The fourth-order valence-electron chi connectivity index (χ4n) is 3.67. The van der Waals surface area contributed by atoms with E-state index in [0.717, 1.165) is 32.1 Å². The molecule has 0 aliphatic heterocycles. The van der Waals surface area contributed by atoms with Gasteiger partial charge in [-0.15, -0.1) is 0 Å². The highest BCUT2D eigenvalue weighted by Crippen LogP contribution is 2.35. The number of carboxylic acids is 1. The van der Waals surface area contributed by atoms with Crippen LogP contribution in [0.4, 0.5) is 13.2 Å². The molecule has 0 bridgehead atoms. The van der Waals surface area contributed by atoms with Crippen LogP contribution in [-0.2, 0) is 11.0 Å². The molecule has 1 unspecified atom stereocenters. The third kappa shape index (κ3) is 5.16. The number of aliphatic carboxylic acids is 1. The third-order valence-corrected chi connectivity index (χ3v) is 5.05. The lowest BCUT2D eigenvalue weighted by Crippen LogP contribution is -2.43. The molecule has 1 saturated carbocycles. The van der Waals surface area contributed by atoms with Crippen LogP contribution in [0.3, 0.4) is 0 Å². The first kappa shape index (κ1) is 20.9. The zero-order chi connectivity index (χ0) is 21.0. The van der Waals surface area contributed by atoms with Gasteiger partial charge in [0.25, 0.3) is 5.91 Å². The minimum absolute atomic E-state index is 0.0985. The van der Waals surface area contributed by atoms with Crippen LogP contribution in [0.15, 0.2) is 34.7 Å². The van der Waals surface area contributed by atoms with Gasteiger partial charge >= 0.3 is 12.1 Å². The number of aromatic nitrogens is 1. The summed E-state index contributed by atoms with van der Waals surface area (Å²) in [4.78, 5) is 27.7. The van der Waals surface area contributed by atoms with Crippen molar-refractivity contribution < 1.29 is 32.3 Å². The molecule has 9 heteroatoms. The first-order valence-corrected chi connectivity index (χ1v) is 9.42. The van der Waals surface area contributed by atoms with Crippen LogP contribution in [0.5, 0.6) is 0 Å². The normalized spacial score (nSPS) is 16.4.